The molecule has 0 aliphatic rings. The number of aromatic nitrogens is 3. The smallest absolute Gasteiger partial charge is 0.0847 e. The minimum Gasteiger partial charge on any atom is -0.328 e. The van der Waals surface area contributed by atoms with Gasteiger partial charge in [-0.1, -0.05) is 21.1 Å². The van der Waals surface area contributed by atoms with Gasteiger partial charge in [0.05, 0.1) is 17.6 Å². The molecule has 5 heteroatoms. The van der Waals surface area contributed by atoms with E-state index < -0.39 is 0 Å². The molecule has 1 atom stereocenters. The zero-order valence-corrected chi connectivity index (χ0v) is 10.6. The number of hydrogen-bond donors (Lipinski definition) is 1. The number of rotatable bonds is 3. The average Bonchev–Trinajstić information content (AvgIpc) is 2.66. The molecular formula is C11H13BrN4. The van der Waals surface area contributed by atoms with Gasteiger partial charge in [0, 0.05) is 16.9 Å². The van der Waals surface area contributed by atoms with Crippen LogP contribution in [0.5, 0.6) is 0 Å². The lowest BCUT2D eigenvalue weighted by atomic mass is 10.2. The van der Waals surface area contributed by atoms with E-state index in [0.29, 0.717) is 0 Å². The third-order valence-corrected chi connectivity index (χ3v) is 2.69. The molecular weight excluding hydrogens is 268 g/mol. The quantitative estimate of drug-likeness (QED) is 0.935. The van der Waals surface area contributed by atoms with Crippen molar-refractivity contribution >= 4 is 15.9 Å². The lowest BCUT2D eigenvalue weighted by Gasteiger charge is -2.00. The van der Waals surface area contributed by atoms with Gasteiger partial charge in [-0.15, -0.1) is 5.10 Å². The molecule has 16 heavy (non-hydrogen) atoms. The Hall–Kier alpha value is -1.20. The highest BCUT2D eigenvalue weighted by molar-refractivity contribution is 9.10. The van der Waals surface area contributed by atoms with Crippen molar-refractivity contribution in [3.63, 3.8) is 0 Å². The first kappa shape index (κ1) is 11.3. The highest BCUT2D eigenvalue weighted by atomic mass is 79.9. The lowest BCUT2D eigenvalue weighted by molar-refractivity contribution is 0.716. The van der Waals surface area contributed by atoms with Gasteiger partial charge in [-0.25, -0.2) is 4.68 Å². The van der Waals surface area contributed by atoms with Crippen LogP contribution >= 0.6 is 15.9 Å². The van der Waals surface area contributed by atoms with Crippen LogP contribution in [0.25, 0.3) is 5.69 Å². The van der Waals surface area contributed by atoms with Crippen molar-refractivity contribution in [1.29, 1.82) is 0 Å². The van der Waals surface area contributed by atoms with E-state index in [4.69, 9.17) is 5.73 Å². The largest absolute Gasteiger partial charge is 0.328 e. The zero-order chi connectivity index (χ0) is 11.5. The zero-order valence-electron chi connectivity index (χ0n) is 8.97. The van der Waals surface area contributed by atoms with E-state index in [1.807, 2.05) is 37.4 Å². The highest BCUT2D eigenvalue weighted by Gasteiger charge is 2.04. The normalized spacial score (nSPS) is 12.7. The van der Waals surface area contributed by atoms with E-state index in [0.717, 1.165) is 22.3 Å². The molecule has 4 nitrogen and oxygen atoms in total. The molecule has 84 valence electrons. The van der Waals surface area contributed by atoms with Crippen LogP contribution in [0.15, 0.2) is 34.9 Å². The van der Waals surface area contributed by atoms with Gasteiger partial charge in [-0.05, 0) is 31.2 Å². The molecule has 1 unspecified atom stereocenters. The van der Waals surface area contributed by atoms with Crippen LogP contribution in [0.2, 0.25) is 0 Å². The van der Waals surface area contributed by atoms with E-state index in [-0.39, 0.29) is 6.04 Å². The van der Waals surface area contributed by atoms with Crippen molar-refractivity contribution in [2.75, 3.05) is 0 Å². The summed E-state index contributed by atoms with van der Waals surface area (Å²) in [5, 5.41) is 8.14. The third-order valence-electron chi connectivity index (χ3n) is 2.16. The summed E-state index contributed by atoms with van der Waals surface area (Å²) < 4.78 is 2.80. The van der Waals surface area contributed by atoms with E-state index in [2.05, 4.69) is 26.2 Å². The number of hydrogen-bond acceptors (Lipinski definition) is 3. The van der Waals surface area contributed by atoms with Crippen molar-refractivity contribution in [3.05, 3.63) is 40.6 Å². The number of benzene rings is 1. The summed E-state index contributed by atoms with van der Waals surface area (Å²) in [5.41, 5.74) is 7.62. The van der Waals surface area contributed by atoms with Crippen LogP contribution < -0.4 is 5.73 Å². The van der Waals surface area contributed by atoms with E-state index in [1.54, 1.807) is 4.68 Å². The molecule has 2 rings (SSSR count). The van der Waals surface area contributed by atoms with E-state index in [9.17, 15) is 0 Å². The maximum atomic E-state index is 5.71. The Morgan fingerprint density at radius 1 is 1.38 bits per heavy atom. The van der Waals surface area contributed by atoms with Gasteiger partial charge < -0.3 is 5.73 Å². The van der Waals surface area contributed by atoms with Crippen molar-refractivity contribution < 1.29 is 0 Å². The molecule has 1 aromatic carbocycles. The predicted octanol–water partition coefficient (Wildman–Crippen LogP) is 1.92. The SMILES string of the molecule is CC(N)Cc1cn(-c2ccc(Br)cc2)nn1. The average molecular weight is 281 g/mol. The van der Waals surface area contributed by atoms with Crippen molar-refractivity contribution in [3.8, 4) is 5.69 Å². The van der Waals surface area contributed by atoms with Gasteiger partial charge >= 0.3 is 0 Å². The number of nitrogens with two attached hydrogens (primary N) is 1. The Balaban J connectivity index is 2.21. The molecule has 0 fully saturated rings. The molecule has 0 spiro atoms. The Labute approximate surface area is 103 Å². The van der Waals surface area contributed by atoms with E-state index in [1.165, 1.54) is 0 Å². The van der Waals surface area contributed by atoms with Gasteiger partial charge in [0.25, 0.3) is 0 Å². The summed E-state index contributed by atoms with van der Waals surface area (Å²) >= 11 is 3.39. The summed E-state index contributed by atoms with van der Waals surface area (Å²) in [6, 6.07) is 8.02. The van der Waals surface area contributed by atoms with Crippen molar-refractivity contribution in [2.45, 2.75) is 19.4 Å². The molecule has 0 aliphatic carbocycles. The second-order valence-electron chi connectivity index (χ2n) is 3.81. The summed E-state index contributed by atoms with van der Waals surface area (Å²) in [5.74, 6) is 0. The Morgan fingerprint density at radius 3 is 2.69 bits per heavy atom. The van der Waals surface area contributed by atoms with Crippen molar-refractivity contribution in [1.82, 2.24) is 15.0 Å². The molecule has 2 N–H and O–H groups in total. The first-order valence-corrected chi connectivity index (χ1v) is 5.87. The minimum absolute atomic E-state index is 0.107. The predicted molar refractivity (Wildman–Crippen MR) is 66.4 cm³/mol. The third kappa shape index (κ3) is 2.68. The lowest BCUT2D eigenvalue weighted by Crippen LogP contribution is -2.17. The van der Waals surface area contributed by atoms with Crippen LogP contribution in [0.1, 0.15) is 12.6 Å². The van der Waals surface area contributed by atoms with Crippen LogP contribution in [-0.4, -0.2) is 21.0 Å². The minimum atomic E-state index is 0.107. The summed E-state index contributed by atoms with van der Waals surface area (Å²) in [6.45, 7) is 1.96. The fraction of sp³-hybridized carbons (Fsp3) is 0.273. The van der Waals surface area contributed by atoms with Gasteiger partial charge in [0.1, 0.15) is 0 Å². The first-order valence-electron chi connectivity index (χ1n) is 5.08. The van der Waals surface area contributed by atoms with Crippen molar-refractivity contribution in [2.24, 2.45) is 5.73 Å². The maximum absolute atomic E-state index is 5.71. The second-order valence-corrected chi connectivity index (χ2v) is 4.73. The molecule has 0 saturated heterocycles. The van der Waals surface area contributed by atoms with Crippen LogP contribution in [0.4, 0.5) is 0 Å². The fourth-order valence-electron chi connectivity index (χ4n) is 1.44. The van der Waals surface area contributed by atoms with Gasteiger partial charge in [-0.3, -0.25) is 0 Å². The summed E-state index contributed by atoms with van der Waals surface area (Å²) in [7, 11) is 0. The highest BCUT2D eigenvalue weighted by Crippen LogP contribution is 2.13. The molecule has 0 radical (unpaired) electrons. The van der Waals surface area contributed by atoms with Gasteiger partial charge in [0.15, 0.2) is 0 Å². The topological polar surface area (TPSA) is 56.7 Å². The van der Waals surface area contributed by atoms with Gasteiger partial charge in [-0.2, -0.15) is 0 Å². The molecule has 1 aromatic heterocycles. The number of halogens is 1. The van der Waals surface area contributed by atoms with Crippen LogP contribution in [0, 0.1) is 0 Å². The standard InChI is InChI=1S/C11H13BrN4/c1-8(13)6-10-7-16(15-14-10)11-4-2-9(12)3-5-11/h2-5,7-8H,6,13H2,1H3. The summed E-state index contributed by atoms with van der Waals surface area (Å²) in [4.78, 5) is 0. The second kappa shape index (κ2) is 4.76. The molecule has 0 bridgehead atoms. The maximum Gasteiger partial charge on any atom is 0.0847 e. The molecule has 2 aromatic rings. The molecule has 1 heterocycles. The fourth-order valence-corrected chi connectivity index (χ4v) is 1.71. The van der Waals surface area contributed by atoms with Crippen LogP contribution in [0.3, 0.4) is 0 Å². The molecule has 0 aliphatic heterocycles. The van der Waals surface area contributed by atoms with E-state index >= 15 is 0 Å². The Kier molecular flexibility index (Phi) is 3.36. The van der Waals surface area contributed by atoms with Gasteiger partial charge in [0.2, 0.25) is 0 Å². The summed E-state index contributed by atoms with van der Waals surface area (Å²) in [6.07, 6.45) is 2.66. The number of nitrogens with zero attached hydrogens (tertiary/aromatic N) is 3. The van der Waals surface area contributed by atoms with Crippen LogP contribution in [-0.2, 0) is 6.42 Å². The Morgan fingerprint density at radius 2 is 2.06 bits per heavy atom. The monoisotopic (exact) mass is 280 g/mol. The molecule has 0 amide bonds. The first-order chi connectivity index (χ1) is 7.65. The molecule has 0 saturated carbocycles. The Bertz CT molecular complexity index is 461.